The Morgan fingerprint density at radius 2 is 1.76 bits per heavy atom. The SMILES string of the molecule is CCc1ccc(N2C(=O)NC(=O)C(=Cc3ccc(OCc4ccc(C(=O)OC)o4)c(OC)c3)C2=O)cc1. The molecular formula is C27H24N2O8. The number of urea groups is 1. The van der Waals surface area contributed by atoms with Crippen LogP contribution in [0.25, 0.3) is 6.08 Å². The number of imide groups is 2. The number of nitrogens with zero attached hydrogens (tertiary/aromatic N) is 1. The minimum absolute atomic E-state index is 0.0164. The number of rotatable bonds is 8. The number of nitrogens with one attached hydrogen (secondary N) is 1. The van der Waals surface area contributed by atoms with E-state index in [4.69, 9.17) is 13.9 Å². The molecule has 1 saturated heterocycles. The van der Waals surface area contributed by atoms with E-state index in [2.05, 4.69) is 10.1 Å². The lowest BCUT2D eigenvalue weighted by Crippen LogP contribution is -2.54. The molecule has 2 heterocycles. The smallest absolute Gasteiger partial charge is 0.373 e. The molecule has 37 heavy (non-hydrogen) atoms. The number of ether oxygens (including phenoxy) is 3. The van der Waals surface area contributed by atoms with Gasteiger partial charge in [0.05, 0.1) is 19.9 Å². The first-order valence-electron chi connectivity index (χ1n) is 11.3. The van der Waals surface area contributed by atoms with Gasteiger partial charge in [0.15, 0.2) is 11.5 Å². The molecule has 1 aliphatic heterocycles. The molecule has 1 fully saturated rings. The molecular weight excluding hydrogens is 480 g/mol. The quantitative estimate of drug-likeness (QED) is 0.278. The largest absolute Gasteiger partial charge is 0.493 e. The number of esters is 1. The summed E-state index contributed by atoms with van der Waals surface area (Å²) in [6, 6.07) is 14.0. The van der Waals surface area contributed by atoms with Crippen LogP contribution in [-0.2, 0) is 27.4 Å². The summed E-state index contributed by atoms with van der Waals surface area (Å²) in [4.78, 5) is 50.5. The van der Waals surface area contributed by atoms with Gasteiger partial charge in [-0.25, -0.2) is 14.5 Å². The Labute approximate surface area is 212 Å². The van der Waals surface area contributed by atoms with Crippen LogP contribution < -0.4 is 19.7 Å². The van der Waals surface area contributed by atoms with Crippen molar-refractivity contribution >= 4 is 35.6 Å². The first-order valence-corrected chi connectivity index (χ1v) is 11.3. The van der Waals surface area contributed by atoms with Gasteiger partial charge < -0.3 is 18.6 Å². The lowest BCUT2D eigenvalue weighted by atomic mass is 10.1. The summed E-state index contributed by atoms with van der Waals surface area (Å²) >= 11 is 0. The number of carbonyl (C=O) groups is 4. The van der Waals surface area contributed by atoms with Crippen LogP contribution in [0.4, 0.5) is 10.5 Å². The molecule has 4 rings (SSSR count). The van der Waals surface area contributed by atoms with Crippen molar-refractivity contribution in [2.45, 2.75) is 20.0 Å². The summed E-state index contributed by atoms with van der Waals surface area (Å²) < 4.78 is 21.1. The Kier molecular flexibility index (Phi) is 7.38. The van der Waals surface area contributed by atoms with Crippen LogP contribution in [0.2, 0.25) is 0 Å². The second kappa shape index (κ2) is 10.8. The van der Waals surface area contributed by atoms with Gasteiger partial charge in [0.1, 0.15) is 17.9 Å². The van der Waals surface area contributed by atoms with E-state index in [9.17, 15) is 19.2 Å². The fourth-order valence-electron chi connectivity index (χ4n) is 3.65. The second-order valence-electron chi connectivity index (χ2n) is 7.93. The van der Waals surface area contributed by atoms with E-state index in [-0.39, 0.29) is 17.9 Å². The number of carbonyl (C=O) groups excluding carboxylic acids is 4. The number of hydrogen-bond acceptors (Lipinski definition) is 8. The van der Waals surface area contributed by atoms with Crippen LogP contribution in [0.15, 0.2) is 64.6 Å². The molecule has 190 valence electrons. The molecule has 2 aromatic carbocycles. The monoisotopic (exact) mass is 504 g/mol. The van der Waals surface area contributed by atoms with Gasteiger partial charge in [-0.3, -0.25) is 14.9 Å². The molecule has 0 saturated carbocycles. The maximum atomic E-state index is 13.1. The van der Waals surface area contributed by atoms with Crippen molar-refractivity contribution in [1.29, 1.82) is 0 Å². The van der Waals surface area contributed by atoms with Crippen LogP contribution in [0, 0.1) is 0 Å². The average molecular weight is 504 g/mol. The molecule has 1 aromatic heterocycles. The lowest BCUT2D eigenvalue weighted by Gasteiger charge is -2.26. The van der Waals surface area contributed by atoms with Crippen molar-refractivity contribution < 1.29 is 37.8 Å². The molecule has 0 aliphatic carbocycles. The third-order valence-corrected chi connectivity index (χ3v) is 5.62. The van der Waals surface area contributed by atoms with Crippen LogP contribution in [0.1, 0.15) is 34.4 Å². The number of hydrogen-bond donors (Lipinski definition) is 1. The van der Waals surface area contributed by atoms with E-state index in [1.54, 1.807) is 36.4 Å². The average Bonchev–Trinajstić information content (AvgIpc) is 3.39. The summed E-state index contributed by atoms with van der Waals surface area (Å²) in [6.45, 7) is 2.01. The number of amides is 4. The molecule has 4 amide bonds. The minimum atomic E-state index is -0.814. The van der Waals surface area contributed by atoms with E-state index in [1.807, 2.05) is 19.1 Å². The van der Waals surface area contributed by atoms with Gasteiger partial charge in [0.2, 0.25) is 5.76 Å². The number of anilines is 1. The van der Waals surface area contributed by atoms with Crippen LogP contribution >= 0.6 is 0 Å². The Bertz CT molecular complexity index is 1390. The number of benzene rings is 2. The highest BCUT2D eigenvalue weighted by Crippen LogP contribution is 2.31. The molecule has 0 spiro atoms. The lowest BCUT2D eigenvalue weighted by molar-refractivity contribution is -0.122. The highest BCUT2D eigenvalue weighted by Gasteiger charge is 2.36. The summed E-state index contributed by atoms with van der Waals surface area (Å²) in [5.74, 6) is -0.977. The van der Waals surface area contributed by atoms with Crippen molar-refractivity contribution in [3.8, 4) is 11.5 Å². The van der Waals surface area contributed by atoms with Gasteiger partial charge in [-0.2, -0.15) is 0 Å². The molecule has 0 bridgehead atoms. The summed E-state index contributed by atoms with van der Waals surface area (Å²) in [5.41, 5.74) is 1.67. The van der Waals surface area contributed by atoms with Gasteiger partial charge in [-0.15, -0.1) is 0 Å². The van der Waals surface area contributed by atoms with Crippen molar-refractivity contribution in [2.24, 2.45) is 0 Å². The van der Waals surface area contributed by atoms with Crippen LogP contribution in [0.3, 0.4) is 0 Å². The van der Waals surface area contributed by atoms with Gasteiger partial charge in [-0.1, -0.05) is 25.1 Å². The number of methoxy groups -OCH3 is 2. The zero-order chi connectivity index (χ0) is 26.5. The normalized spacial score (nSPS) is 14.5. The van der Waals surface area contributed by atoms with E-state index >= 15 is 0 Å². The maximum absolute atomic E-state index is 13.1. The Morgan fingerprint density at radius 3 is 2.43 bits per heavy atom. The Hall–Kier alpha value is -4.86. The van der Waals surface area contributed by atoms with Crippen molar-refractivity contribution in [2.75, 3.05) is 19.1 Å². The van der Waals surface area contributed by atoms with Crippen molar-refractivity contribution in [1.82, 2.24) is 5.32 Å². The number of furan rings is 1. The molecule has 1 aliphatic rings. The first kappa shape index (κ1) is 25.2. The van der Waals surface area contributed by atoms with E-state index in [0.29, 0.717) is 28.5 Å². The molecule has 0 radical (unpaired) electrons. The number of barbiturate groups is 1. The molecule has 10 nitrogen and oxygen atoms in total. The maximum Gasteiger partial charge on any atom is 0.373 e. The molecule has 0 unspecified atom stereocenters. The van der Waals surface area contributed by atoms with Crippen molar-refractivity contribution in [3.05, 3.63) is 82.8 Å². The van der Waals surface area contributed by atoms with E-state index in [1.165, 1.54) is 26.4 Å². The second-order valence-corrected chi connectivity index (χ2v) is 7.93. The zero-order valence-electron chi connectivity index (χ0n) is 20.4. The summed E-state index contributed by atoms with van der Waals surface area (Å²) in [7, 11) is 2.70. The minimum Gasteiger partial charge on any atom is -0.493 e. The summed E-state index contributed by atoms with van der Waals surface area (Å²) in [5, 5.41) is 2.21. The molecule has 3 aromatic rings. The third kappa shape index (κ3) is 5.37. The first-order chi connectivity index (χ1) is 17.8. The van der Waals surface area contributed by atoms with Gasteiger partial charge in [0.25, 0.3) is 11.8 Å². The molecule has 1 N–H and O–H groups in total. The zero-order valence-corrected chi connectivity index (χ0v) is 20.4. The van der Waals surface area contributed by atoms with Gasteiger partial charge in [0, 0.05) is 0 Å². The standard InChI is InChI=1S/C27H24N2O8/c1-4-16-5-8-18(9-6-16)29-25(31)20(24(30)28-27(29)33)13-17-7-11-21(23(14-17)34-2)36-15-19-10-12-22(37-19)26(32)35-3/h5-14H,4,15H2,1-3H3,(H,28,30,33). The third-order valence-electron chi connectivity index (χ3n) is 5.62. The highest BCUT2D eigenvalue weighted by atomic mass is 16.5. The fourth-order valence-corrected chi connectivity index (χ4v) is 3.65. The number of aryl methyl sites for hydroxylation is 1. The van der Waals surface area contributed by atoms with E-state index in [0.717, 1.165) is 16.9 Å². The topological polar surface area (TPSA) is 124 Å². The molecule has 10 heteroatoms. The highest BCUT2D eigenvalue weighted by molar-refractivity contribution is 6.39. The van der Waals surface area contributed by atoms with Crippen LogP contribution in [-0.4, -0.2) is 38.0 Å². The fraction of sp³-hybridized carbons (Fsp3) is 0.185. The predicted octanol–water partition coefficient (Wildman–Crippen LogP) is 3.88. The van der Waals surface area contributed by atoms with Crippen molar-refractivity contribution in [3.63, 3.8) is 0 Å². The van der Waals surface area contributed by atoms with Crippen LogP contribution in [0.5, 0.6) is 11.5 Å². The van der Waals surface area contributed by atoms with E-state index < -0.39 is 23.8 Å². The predicted molar refractivity (Wildman–Crippen MR) is 132 cm³/mol. The summed E-state index contributed by atoms with van der Waals surface area (Å²) in [6.07, 6.45) is 2.18. The molecule has 0 atom stereocenters. The Balaban J connectivity index is 1.55. The Morgan fingerprint density at radius 1 is 1.00 bits per heavy atom. The van der Waals surface area contributed by atoms with Gasteiger partial charge >= 0.3 is 12.0 Å². The van der Waals surface area contributed by atoms with Gasteiger partial charge in [-0.05, 0) is 60.0 Å².